The maximum atomic E-state index is 14.4. The topological polar surface area (TPSA) is 55.9 Å². The van der Waals surface area contributed by atoms with Crippen LogP contribution in [0.4, 0.5) is 15.8 Å². The number of rotatable bonds is 8. The smallest absolute Gasteiger partial charge is 0.251 e. The van der Waals surface area contributed by atoms with E-state index in [1.807, 2.05) is 24.3 Å². The molecule has 2 aliphatic heterocycles. The van der Waals surface area contributed by atoms with Crippen LogP contribution in [0, 0.1) is 5.82 Å². The van der Waals surface area contributed by atoms with Crippen LogP contribution in [0.5, 0.6) is 0 Å². The summed E-state index contributed by atoms with van der Waals surface area (Å²) >= 11 is 13.8. The standard InChI is InChI=1S/C29H29Cl2FN4O2S/c30-21-4-1-5-22(17-21)35-14-12-34(13-15-35)11-3-10-33-29(38)20-8-9-27-26(16-20)36(28(37)19-39-27)18-23-24(31)6-2-7-25(23)32/h1-2,4-9,16-17H,3,10-15,18-19H2,(H,33,38). The second kappa shape index (κ2) is 12.6. The van der Waals surface area contributed by atoms with Crippen molar-refractivity contribution in [3.63, 3.8) is 0 Å². The van der Waals surface area contributed by atoms with Gasteiger partial charge in [-0.1, -0.05) is 35.3 Å². The zero-order chi connectivity index (χ0) is 27.4. The molecule has 2 amide bonds. The van der Waals surface area contributed by atoms with Gasteiger partial charge in [-0.2, -0.15) is 0 Å². The summed E-state index contributed by atoms with van der Waals surface area (Å²) in [6.07, 6.45) is 0.833. The van der Waals surface area contributed by atoms with Gasteiger partial charge < -0.3 is 15.1 Å². The summed E-state index contributed by atoms with van der Waals surface area (Å²) in [6, 6.07) is 17.7. The van der Waals surface area contributed by atoms with Crippen LogP contribution in [0.25, 0.3) is 0 Å². The minimum Gasteiger partial charge on any atom is -0.369 e. The molecule has 0 bridgehead atoms. The lowest BCUT2D eigenvalue weighted by atomic mass is 10.1. The van der Waals surface area contributed by atoms with Crippen LogP contribution in [0.15, 0.2) is 65.6 Å². The van der Waals surface area contributed by atoms with Crippen molar-refractivity contribution in [1.82, 2.24) is 10.2 Å². The highest BCUT2D eigenvalue weighted by Gasteiger charge is 2.27. The normalized spacial score (nSPS) is 15.8. The van der Waals surface area contributed by atoms with Gasteiger partial charge >= 0.3 is 0 Å². The van der Waals surface area contributed by atoms with E-state index >= 15 is 0 Å². The largest absolute Gasteiger partial charge is 0.369 e. The van der Waals surface area contributed by atoms with Crippen molar-refractivity contribution in [2.24, 2.45) is 0 Å². The van der Waals surface area contributed by atoms with E-state index in [9.17, 15) is 14.0 Å². The number of nitrogens with one attached hydrogen (secondary N) is 1. The molecule has 2 heterocycles. The van der Waals surface area contributed by atoms with Crippen LogP contribution < -0.4 is 15.1 Å². The van der Waals surface area contributed by atoms with E-state index in [1.165, 1.54) is 28.8 Å². The molecule has 0 radical (unpaired) electrons. The van der Waals surface area contributed by atoms with Crippen LogP contribution >= 0.6 is 35.0 Å². The molecule has 1 saturated heterocycles. The van der Waals surface area contributed by atoms with E-state index in [2.05, 4.69) is 21.2 Å². The third kappa shape index (κ3) is 6.69. The number of hydrogen-bond acceptors (Lipinski definition) is 5. The molecule has 39 heavy (non-hydrogen) atoms. The van der Waals surface area contributed by atoms with E-state index in [1.54, 1.807) is 18.2 Å². The average molecular weight is 588 g/mol. The lowest BCUT2D eigenvalue weighted by Crippen LogP contribution is -2.47. The Kier molecular flexibility index (Phi) is 8.97. The van der Waals surface area contributed by atoms with Crippen molar-refractivity contribution in [2.75, 3.05) is 54.8 Å². The average Bonchev–Trinajstić information content (AvgIpc) is 2.94. The predicted molar refractivity (Wildman–Crippen MR) is 157 cm³/mol. The van der Waals surface area contributed by atoms with Crippen LogP contribution in [0.2, 0.25) is 10.0 Å². The molecule has 0 unspecified atom stereocenters. The third-order valence-electron chi connectivity index (χ3n) is 7.02. The van der Waals surface area contributed by atoms with Gasteiger partial charge in [-0.05, 0) is 61.5 Å². The van der Waals surface area contributed by atoms with Crippen LogP contribution in [-0.2, 0) is 11.3 Å². The summed E-state index contributed by atoms with van der Waals surface area (Å²) in [6.45, 7) is 5.24. The lowest BCUT2D eigenvalue weighted by molar-refractivity contribution is -0.116. The number of hydrogen-bond donors (Lipinski definition) is 1. The van der Waals surface area contributed by atoms with Gasteiger partial charge in [0.25, 0.3) is 5.91 Å². The maximum absolute atomic E-state index is 14.4. The van der Waals surface area contributed by atoms with E-state index in [0.717, 1.165) is 54.8 Å². The van der Waals surface area contributed by atoms with Crippen molar-refractivity contribution in [3.05, 3.63) is 87.7 Å². The summed E-state index contributed by atoms with van der Waals surface area (Å²) < 4.78 is 14.4. The first-order chi connectivity index (χ1) is 18.9. The van der Waals surface area contributed by atoms with E-state index in [-0.39, 0.29) is 34.7 Å². The molecule has 0 aliphatic carbocycles. The first-order valence-electron chi connectivity index (χ1n) is 12.9. The highest BCUT2D eigenvalue weighted by Crippen LogP contribution is 2.37. The first-order valence-corrected chi connectivity index (χ1v) is 14.6. The number of thioether (sulfide) groups is 1. The fourth-order valence-corrected chi connectivity index (χ4v) is 6.19. The molecule has 2 aliphatic rings. The summed E-state index contributed by atoms with van der Waals surface area (Å²) in [4.78, 5) is 32.8. The van der Waals surface area contributed by atoms with E-state index in [0.29, 0.717) is 17.8 Å². The molecule has 10 heteroatoms. The lowest BCUT2D eigenvalue weighted by Gasteiger charge is -2.36. The number of nitrogens with zero attached hydrogens (tertiary/aromatic N) is 3. The summed E-state index contributed by atoms with van der Waals surface area (Å²) in [5.41, 5.74) is 2.47. The minimum absolute atomic E-state index is 0.00749. The monoisotopic (exact) mass is 586 g/mol. The molecular weight excluding hydrogens is 558 g/mol. The Labute approximate surface area is 242 Å². The molecule has 0 spiro atoms. The van der Waals surface area contributed by atoms with Crippen molar-refractivity contribution >= 4 is 58.2 Å². The number of halogens is 3. The van der Waals surface area contributed by atoms with E-state index in [4.69, 9.17) is 23.2 Å². The second-order valence-corrected chi connectivity index (χ2v) is 11.4. The van der Waals surface area contributed by atoms with Crippen LogP contribution in [0.3, 0.4) is 0 Å². The molecular formula is C29H29Cl2FN4O2S. The predicted octanol–water partition coefficient (Wildman–Crippen LogP) is 5.71. The molecule has 204 valence electrons. The Balaban J connectivity index is 1.14. The van der Waals surface area contributed by atoms with E-state index < -0.39 is 5.82 Å². The van der Waals surface area contributed by atoms with Gasteiger partial charge in [0.15, 0.2) is 0 Å². The van der Waals surface area contributed by atoms with Gasteiger partial charge in [0.1, 0.15) is 5.82 Å². The van der Waals surface area contributed by atoms with Crippen molar-refractivity contribution < 1.29 is 14.0 Å². The highest BCUT2D eigenvalue weighted by molar-refractivity contribution is 8.00. The molecule has 3 aromatic rings. The quantitative estimate of drug-likeness (QED) is 0.342. The molecule has 3 aromatic carbocycles. The zero-order valence-electron chi connectivity index (χ0n) is 21.3. The molecule has 0 aromatic heterocycles. The Hall–Kier alpha value is -2.78. The first kappa shape index (κ1) is 27.8. The van der Waals surface area contributed by atoms with Crippen LogP contribution in [-0.4, -0.2) is 61.7 Å². The maximum Gasteiger partial charge on any atom is 0.251 e. The summed E-state index contributed by atoms with van der Waals surface area (Å²) in [7, 11) is 0. The summed E-state index contributed by atoms with van der Waals surface area (Å²) in [5.74, 6) is -0.567. The van der Waals surface area contributed by atoms with Crippen molar-refractivity contribution in [1.29, 1.82) is 0 Å². The Morgan fingerprint density at radius 3 is 2.56 bits per heavy atom. The molecule has 1 fully saturated rings. The van der Waals surface area contributed by atoms with Gasteiger partial charge in [-0.15, -0.1) is 11.8 Å². The fraction of sp³-hybridized carbons (Fsp3) is 0.310. The Morgan fingerprint density at radius 2 is 1.79 bits per heavy atom. The Bertz CT molecular complexity index is 1350. The third-order valence-corrected chi connectivity index (χ3v) is 8.66. The number of amides is 2. The number of piperazine rings is 1. The molecule has 1 N–H and O–H groups in total. The number of fused-ring (bicyclic) bond motifs is 1. The number of carbonyl (C=O) groups excluding carboxylic acids is 2. The fourth-order valence-electron chi connectivity index (χ4n) is 4.87. The Morgan fingerprint density at radius 1 is 1.00 bits per heavy atom. The molecule has 0 saturated carbocycles. The minimum atomic E-state index is -0.463. The van der Waals surface area contributed by atoms with Gasteiger partial charge in [-0.25, -0.2) is 4.39 Å². The molecule has 0 atom stereocenters. The van der Waals surface area contributed by atoms with Gasteiger partial charge in [0.05, 0.1) is 18.0 Å². The van der Waals surface area contributed by atoms with Gasteiger partial charge in [0, 0.05) is 64.5 Å². The number of carbonyl (C=O) groups is 2. The van der Waals surface area contributed by atoms with Gasteiger partial charge in [0.2, 0.25) is 5.91 Å². The van der Waals surface area contributed by atoms with Crippen molar-refractivity contribution in [2.45, 2.75) is 17.9 Å². The van der Waals surface area contributed by atoms with Crippen molar-refractivity contribution in [3.8, 4) is 0 Å². The number of benzene rings is 3. The summed E-state index contributed by atoms with van der Waals surface area (Å²) in [5, 5.41) is 4.01. The molecule has 5 rings (SSSR count). The van der Waals surface area contributed by atoms with Gasteiger partial charge in [-0.3, -0.25) is 14.5 Å². The van der Waals surface area contributed by atoms with Crippen LogP contribution in [0.1, 0.15) is 22.3 Å². The SMILES string of the molecule is O=C(NCCCN1CCN(c2cccc(Cl)c2)CC1)c1ccc2c(c1)N(Cc1c(F)cccc1Cl)C(=O)CS2. The number of anilines is 2. The highest BCUT2D eigenvalue weighted by atomic mass is 35.5. The zero-order valence-corrected chi connectivity index (χ0v) is 23.7. The molecule has 6 nitrogen and oxygen atoms in total. The second-order valence-electron chi connectivity index (χ2n) is 9.57.